The van der Waals surface area contributed by atoms with E-state index in [1.54, 1.807) is 44.7 Å². The van der Waals surface area contributed by atoms with Crippen molar-refractivity contribution in [2.45, 2.75) is 91.3 Å². The Balaban J connectivity index is 1.45. The lowest BCUT2D eigenvalue weighted by Crippen LogP contribution is -2.60. The van der Waals surface area contributed by atoms with Crippen molar-refractivity contribution in [1.82, 2.24) is 19.8 Å². The molecule has 2 aromatic heterocycles. The molecule has 2 N–H and O–H groups in total. The summed E-state index contributed by atoms with van der Waals surface area (Å²) in [6, 6.07) is 5.82. The van der Waals surface area contributed by atoms with Gasteiger partial charge in [0.15, 0.2) is 0 Å². The predicted octanol–water partition coefficient (Wildman–Crippen LogP) is 6.53. The number of ether oxygens (including phenoxy) is 2. The van der Waals surface area contributed by atoms with Gasteiger partial charge < -0.3 is 29.6 Å². The fourth-order valence-electron chi connectivity index (χ4n) is 6.26. The lowest BCUT2D eigenvalue weighted by Gasteiger charge is -2.44. The van der Waals surface area contributed by atoms with E-state index in [9.17, 15) is 23.2 Å². The van der Waals surface area contributed by atoms with Crippen molar-refractivity contribution in [2.75, 3.05) is 32.1 Å². The summed E-state index contributed by atoms with van der Waals surface area (Å²) < 4.78 is 57.7. The summed E-state index contributed by atoms with van der Waals surface area (Å²) in [6.07, 6.45) is 3.35. The van der Waals surface area contributed by atoms with E-state index in [-0.39, 0.29) is 71.7 Å². The van der Waals surface area contributed by atoms with Crippen LogP contribution in [0.15, 0.2) is 41.3 Å². The van der Waals surface area contributed by atoms with E-state index in [2.05, 4.69) is 29.5 Å². The van der Waals surface area contributed by atoms with Crippen LogP contribution in [0.1, 0.15) is 93.1 Å². The summed E-state index contributed by atoms with van der Waals surface area (Å²) in [4.78, 5) is 46.4. The second-order valence-corrected chi connectivity index (χ2v) is 14.3. The van der Waals surface area contributed by atoms with Crippen molar-refractivity contribution in [2.24, 2.45) is 11.8 Å². The Kier molecular flexibility index (Phi) is 11.6. The molecule has 10 nitrogen and oxygen atoms in total. The number of methoxy groups -OCH3 is 1. The number of carbonyl (C=O) groups is 2. The number of anilines is 1. The zero-order valence-electron chi connectivity index (χ0n) is 30.3. The highest BCUT2D eigenvalue weighted by atomic mass is 19.1. The van der Waals surface area contributed by atoms with E-state index < -0.39 is 34.7 Å². The first kappa shape index (κ1) is 38.0. The summed E-state index contributed by atoms with van der Waals surface area (Å²) in [5.74, 6) is -2.95. The van der Waals surface area contributed by atoms with Crippen molar-refractivity contribution >= 4 is 17.6 Å². The first-order chi connectivity index (χ1) is 24.1. The van der Waals surface area contributed by atoms with Crippen LogP contribution in [-0.2, 0) is 11.3 Å². The standard InChI is InChI=1S/C38H48F3N5O5/c1-8-38(41)19-45(20-38)36(48)29-14-27(39)15-31(40)34(29)26-12-32(43-33(13-26)51-21(2)3)44-35(47)30-11-25(18-46(37(30)49)28-9-10-28)17-42-16-22(4)23(5)24(6)50-7/h11-15,18,21-24,28,42H,8-10,16-17,19-20H2,1-7H3,(H,43,44,47)/t22?,23-,24?/m0/s1. The molecule has 1 saturated carbocycles. The normalized spacial score (nSPS) is 17.1. The number of pyridine rings is 2. The molecule has 1 aliphatic heterocycles. The van der Waals surface area contributed by atoms with E-state index in [0.717, 1.165) is 24.5 Å². The number of hydrogen-bond donors (Lipinski definition) is 2. The molecule has 3 atom stereocenters. The van der Waals surface area contributed by atoms with Crippen LogP contribution >= 0.6 is 0 Å². The summed E-state index contributed by atoms with van der Waals surface area (Å²) in [7, 11) is 1.69. The molecular formula is C38H48F3N5O5. The second kappa shape index (κ2) is 15.6. The number of rotatable bonds is 15. The van der Waals surface area contributed by atoms with Gasteiger partial charge in [0.2, 0.25) is 5.88 Å². The second-order valence-electron chi connectivity index (χ2n) is 14.3. The average Bonchev–Trinajstić information content (AvgIpc) is 3.91. The Bertz CT molecular complexity index is 1820. The Hall–Kier alpha value is -4.23. The SMILES string of the molecule is CCC1(F)CN(C(=O)c2cc(F)cc(F)c2-c2cc(NC(=O)c3cc(CNCC(C)[C@H](C)C(C)OC)cn(C4CC4)c3=O)nc(OC(C)C)c2)C1. The number of alkyl halides is 1. The number of nitrogens with one attached hydrogen (secondary N) is 2. The van der Waals surface area contributed by atoms with Gasteiger partial charge in [-0.3, -0.25) is 14.4 Å². The third-order valence-electron chi connectivity index (χ3n) is 9.93. The van der Waals surface area contributed by atoms with Crippen LogP contribution in [0.3, 0.4) is 0 Å². The zero-order chi connectivity index (χ0) is 37.2. The van der Waals surface area contributed by atoms with Crippen LogP contribution in [0.5, 0.6) is 5.88 Å². The molecule has 2 aliphatic rings. The number of likely N-dealkylation sites (tertiary alicyclic amines) is 1. The van der Waals surface area contributed by atoms with Gasteiger partial charge in [-0.25, -0.2) is 13.2 Å². The van der Waals surface area contributed by atoms with Crippen LogP contribution in [0, 0.1) is 23.5 Å². The molecule has 276 valence electrons. The van der Waals surface area contributed by atoms with Gasteiger partial charge >= 0.3 is 0 Å². The summed E-state index contributed by atoms with van der Waals surface area (Å²) in [5.41, 5.74) is -1.85. The molecule has 13 heteroatoms. The molecule has 2 unspecified atom stereocenters. The smallest absolute Gasteiger partial charge is 0.263 e. The minimum absolute atomic E-state index is 0.00157. The van der Waals surface area contributed by atoms with Gasteiger partial charge in [-0.15, -0.1) is 0 Å². The molecule has 1 saturated heterocycles. The summed E-state index contributed by atoms with van der Waals surface area (Å²) in [6.45, 7) is 12.2. The highest BCUT2D eigenvalue weighted by Crippen LogP contribution is 2.36. The lowest BCUT2D eigenvalue weighted by atomic mass is 9.91. The molecule has 2 amide bonds. The predicted molar refractivity (Wildman–Crippen MR) is 189 cm³/mol. The molecule has 5 rings (SSSR count). The third kappa shape index (κ3) is 8.81. The van der Waals surface area contributed by atoms with Crippen molar-refractivity contribution < 1.29 is 32.2 Å². The molecule has 51 heavy (non-hydrogen) atoms. The number of nitrogens with zero attached hydrogens (tertiary/aromatic N) is 3. The Labute approximate surface area is 296 Å². The zero-order valence-corrected chi connectivity index (χ0v) is 30.3. The minimum Gasteiger partial charge on any atom is -0.475 e. The maximum atomic E-state index is 15.6. The van der Waals surface area contributed by atoms with Crippen LogP contribution in [-0.4, -0.2) is 70.9 Å². The fraction of sp³-hybridized carbons (Fsp3) is 0.526. The quantitative estimate of drug-likeness (QED) is 0.184. The molecular weight excluding hydrogens is 663 g/mol. The Morgan fingerprint density at radius 1 is 1.04 bits per heavy atom. The highest BCUT2D eigenvalue weighted by Gasteiger charge is 2.45. The number of halogens is 3. The van der Waals surface area contributed by atoms with Crippen molar-refractivity contribution in [3.05, 3.63) is 75.2 Å². The van der Waals surface area contributed by atoms with Crippen molar-refractivity contribution in [1.29, 1.82) is 0 Å². The van der Waals surface area contributed by atoms with Crippen LogP contribution in [0.4, 0.5) is 19.0 Å². The topological polar surface area (TPSA) is 115 Å². The Morgan fingerprint density at radius 3 is 2.37 bits per heavy atom. The lowest BCUT2D eigenvalue weighted by molar-refractivity contribution is -0.0216. The maximum Gasteiger partial charge on any atom is 0.263 e. The van der Waals surface area contributed by atoms with Crippen molar-refractivity contribution in [3.63, 3.8) is 0 Å². The van der Waals surface area contributed by atoms with E-state index >= 15 is 4.39 Å². The van der Waals surface area contributed by atoms with Crippen molar-refractivity contribution in [3.8, 4) is 17.0 Å². The van der Waals surface area contributed by atoms with E-state index in [0.29, 0.717) is 31.0 Å². The highest BCUT2D eigenvalue weighted by molar-refractivity contribution is 6.05. The molecule has 3 aromatic rings. The summed E-state index contributed by atoms with van der Waals surface area (Å²) in [5, 5.41) is 6.11. The number of amides is 2. The van der Waals surface area contributed by atoms with Gasteiger partial charge in [0, 0.05) is 43.6 Å². The van der Waals surface area contributed by atoms with Gasteiger partial charge in [0.1, 0.15) is 28.7 Å². The van der Waals surface area contributed by atoms with Gasteiger partial charge in [0.05, 0.1) is 30.9 Å². The van der Waals surface area contributed by atoms with E-state index in [1.165, 1.54) is 17.0 Å². The van der Waals surface area contributed by atoms with Gasteiger partial charge in [-0.2, -0.15) is 4.98 Å². The van der Waals surface area contributed by atoms with Crippen LogP contribution in [0.2, 0.25) is 0 Å². The van der Waals surface area contributed by atoms with Crippen LogP contribution in [0.25, 0.3) is 11.1 Å². The summed E-state index contributed by atoms with van der Waals surface area (Å²) >= 11 is 0. The molecule has 0 spiro atoms. The van der Waals surface area contributed by atoms with Gasteiger partial charge in [-0.05, 0) is 87.7 Å². The van der Waals surface area contributed by atoms with Gasteiger partial charge in [0.25, 0.3) is 17.4 Å². The maximum absolute atomic E-state index is 15.6. The molecule has 3 heterocycles. The molecule has 1 aliphatic carbocycles. The first-order valence-corrected chi connectivity index (χ1v) is 17.6. The third-order valence-corrected chi connectivity index (χ3v) is 9.93. The van der Waals surface area contributed by atoms with E-state index in [4.69, 9.17) is 9.47 Å². The van der Waals surface area contributed by atoms with E-state index in [1.807, 2.05) is 6.92 Å². The molecule has 1 aromatic carbocycles. The molecule has 0 bridgehead atoms. The Morgan fingerprint density at radius 2 is 1.75 bits per heavy atom. The molecule has 2 fully saturated rings. The number of carbonyl (C=O) groups excluding carboxylic acids is 2. The average molecular weight is 712 g/mol. The first-order valence-electron chi connectivity index (χ1n) is 17.6. The van der Waals surface area contributed by atoms with Crippen LogP contribution < -0.4 is 20.9 Å². The number of benzene rings is 1. The largest absolute Gasteiger partial charge is 0.475 e. The molecule has 0 radical (unpaired) electrons. The fourth-order valence-corrected chi connectivity index (χ4v) is 6.26. The number of aromatic nitrogens is 2. The number of hydrogen-bond acceptors (Lipinski definition) is 7. The monoisotopic (exact) mass is 711 g/mol. The minimum atomic E-state index is -1.56. The van der Waals surface area contributed by atoms with Gasteiger partial charge in [-0.1, -0.05) is 20.8 Å².